The lowest BCUT2D eigenvalue weighted by atomic mass is 9.76. The van der Waals surface area contributed by atoms with Gasteiger partial charge in [0, 0.05) is 62.6 Å². The van der Waals surface area contributed by atoms with Crippen molar-refractivity contribution in [1.82, 2.24) is 29.9 Å². The smallest absolute Gasteiger partial charge is 0.423 e. The van der Waals surface area contributed by atoms with Crippen molar-refractivity contribution >= 4 is 50.1 Å². The number of fused-ring (bicyclic) bond motifs is 6. The minimum Gasteiger partial charge on any atom is -0.423 e. The van der Waals surface area contributed by atoms with Gasteiger partial charge in [0.1, 0.15) is 0 Å². The van der Waals surface area contributed by atoms with Crippen LogP contribution in [0.2, 0.25) is 0 Å². The van der Waals surface area contributed by atoms with Crippen LogP contribution < -0.4 is 5.46 Å². The molecule has 0 radical (unpaired) electrons. The summed E-state index contributed by atoms with van der Waals surface area (Å²) in [5.41, 5.74) is 27.2. The highest BCUT2D eigenvalue weighted by molar-refractivity contribution is 9.10. The van der Waals surface area contributed by atoms with Gasteiger partial charge in [0.15, 0.2) is 11.6 Å². The Hall–Kier alpha value is -11.9. The average molecular weight is 1300 g/mol. The summed E-state index contributed by atoms with van der Waals surface area (Å²) in [5.74, 6) is 1.42. The van der Waals surface area contributed by atoms with Crippen LogP contribution >= 0.6 is 15.9 Å². The molecule has 452 valence electrons. The van der Waals surface area contributed by atoms with Gasteiger partial charge in [-0.3, -0.25) is 9.97 Å². The number of aromatic nitrogens is 6. The number of nitrogens with zero attached hydrogens (tertiary/aromatic N) is 6. The van der Waals surface area contributed by atoms with Gasteiger partial charge in [0.05, 0.1) is 22.8 Å². The van der Waals surface area contributed by atoms with E-state index < -0.39 is 7.12 Å². The molecule has 10 heteroatoms. The number of rotatable bonds is 10. The largest absolute Gasteiger partial charge is 0.489 e. The van der Waals surface area contributed by atoms with Crippen LogP contribution in [0, 0.1) is 0 Å². The Morgan fingerprint density at radius 3 is 1.00 bits per heavy atom. The predicted octanol–water partition coefficient (Wildman–Crippen LogP) is 20.5. The first kappa shape index (κ1) is 59.1. The first-order valence-electron chi connectivity index (χ1n) is 31.8. The second kappa shape index (κ2) is 25.9. The number of hydrogen-bond donors (Lipinski definition) is 2. The maximum atomic E-state index is 9.50. The molecule has 12 aromatic carbocycles. The fourth-order valence-corrected chi connectivity index (χ4v) is 13.5. The van der Waals surface area contributed by atoms with Crippen LogP contribution in [0.1, 0.15) is 0 Å². The average Bonchev–Trinajstić information content (AvgIpc) is 1.68. The van der Waals surface area contributed by atoms with E-state index in [2.05, 4.69) is 220 Å². The lowest BCUT2D eigenvalue weighted by Crippen LogP contribution is -2.30. The normalized spacial score (nSPS) is 11.3. The molecule has 2 aliphatic rings. The van der Waals surface area contributed by atoms with Gasteiger partial charge in [-0.15, -0.1) is 0 Å². The molecule has 0 atom stereocenters. The SMILES string of the molecule is Brc1ccc(-c2cc(-c3ccc(-c4cccnc4)cc3)nc(-c3ccccc3)n2)cc1.OB(O)c1ccc2c3c(cccc13)-c1ccccc1-2.c1ccc(-c2nc(-c3ccc(-c4cccnc4)cc3)cc(-c3ccc(-c4ccc5c6c(cccc46)-c4ccccc4-5)cc3)n2)cc1. The topological polar surface area (TPSA) is 118 Å². The Morgan fingerprint density at radius 1 is 0.250 bits per heavy atom. The zero-order valence-corrected chi connectivity index (χ0v) is 53.3. The van der Waals surface area contributed by atoms with Gasteiger partial charge in [-0.25, -0.2) is 19.9 Å². The van der Waals surface area contributed by atoms with Gasteiger partial charge in [-0.1, -0.05) is 283 Å². The van der Waals surface area contributed by atoms with Gasteiger partial charge >= 0.3 is 7.12 Å². The second-order valence-corrected chi connectivity index (χ2v) is 24.6. The molecule has 96 heavy (non-hydrogen) atoms. The molecule has 18 rings (SSSR count). The van der Waals surface area contributed by atoms with E-state index in [-0.39, 0.29) is 0 Å². The Labute approximate surface area is 564 Å². The Balaban J connectivity index is 0.000000124. The third-order valence-electron chi connectivity index (χ3n) is 17.9. The van der Waals surface area contributed by atoms with Crippen LogP contribution in [-0.2, 0) is 0 Å². The summed E-state index contributed by atoms with van der Waals surface area (Å²) in [4.78, 5) is 28.3. The Bertz CT molecular complexity index is 5470. The molecule has 2 N–H and O–H groups in total. The molecule has 0 spiro atoms. The Kier molecular flexibility index (Phi) is 15.9. The van der Waals surface area contributed by atoms with Crippen molar-refractivity contribution in [1.29, 1.82) is 0 Å². The van der Waals surface area contributed by atoms with Crippen molar-refractivity contribution in [3.63, 3.8) is 0 Å². The minimum absolute atomic E-state index is 0.563. The molecule has 16 aromatic rings. The standard InChI is InChI=1S/C43H27N3.C27H18BrN3.C16H11BO2/c1-2-8-32(9-3-1)43-45-40(30-19-15-28(16-20-30)33-10-7-25-44-27-33)26-41(46-43)31-21-17-29(18-22-31)34-23-24-39-36-12-5-4-11-35(36)38-14-6-13-37(34)42(38)39;28-24-14-12-21(13-15-24)26-17-25(30-27(31-26)22-5-2-1-3-6-22)20-10-8-19(9-11-20)23-7-4-16-29-18-23;18-17(19)15-9-8-13-11-5-2-1-4-10(11)12-6-3-7-14(15)16(12)13/h1-27H;1-18H;1-9,18-19H. The lowest BCUT2D eigenvalue weighted by molar-refractivity contribution is 0.426. The molecule has 8 nitrogen and oxygen atoms in total. The van der Waals surface area contributed by atoms with E-state index in [0.29, 0.717) is 17.1 Å². The molecule has 4 aromatic heterocycles. The van der Waals surface area contributed by atoms with E-state index in [1.807, 2.05) is 116 Å². The van der Waals surface area contributed by atoms with Crippen molar-refractivity contribution in [2.75, 3.05) is 0 Å². The molecule has 0 fully saturated rings. The first-order chi connectivity index (χ1) is 47.3. The number of hydrogen-bond acceptors (Lipinski definition) is 8. The van der Waals surface area contributed by atoms with Gasteiger partial charge in [-0.2, -0.15) is 0 Å². The van der Waals surface area contributed by atoms with Crippen LogP contribution in [0.15, 0.2) is 333 Å². The molecule has 0 aliphatic heterocycles. The summed E-state index contributed by atoms with van der Waals surface area (Å²) >= 11 is 3.51. The third kappa shape index (κ3) is 11.6. The van der Waals surface area contributed by atoms with Crippen molar-refractivity contribution in [3.05, 3.63) is 333 Å². The predicted molar refractivity (Wildman–Crippen MR) is 396 cm³/mol. The van der Waals surface area contributed by atoms with E-state index in [1.54, 1.807) is 18.5 Å². The van der Waals surface area contributed by atoms with Gasteiger partial charge in [0.2, 0.25) is 0 Å². The van der Waals surface area contributed by atoms with Gasteiger partial charge in [0.25, 0.3) is 0 Å². The quantitative estimate of drug-likeness (QED) is 0.130. The summed E-state index contributed by atoms with van der Waals surface area (Å²) in [6.45, 7) is 0. The molecule has 0 unspecified atom stereocenters. The zero-order chi connectivity index (χ0) is 64.5. The van der Waals surface area contributed by atoms with Crippen molar-refractivity contribution in [3.8, 4) is 146 Å². The fourth-order valence-electron chi connectivity index (χ4n) is 13.2. The number of benzene rings is 12. The maximum Gasteiger partial charge on any atom is 0.489 e. The molecule has 4 heterocycles. The highest BCUT2D eigenvalue weighted by Gasteiger charge is 2.26. The molecule has 0 amide bonds. The van der Waals surface area contributed by atoms with E-state index in [0.717, 1.165) is 93.7 Å². The Morgan fingerprint density at radius 2 is 0.583 bits per heavy atom. The van der Waals surface area contributed by atoms with E-state index in [1.165, 1.54) is 66.4 Å². The molecular formula is C86H56BBrN6O2. The van der Waals surface area contributed by atoms with E-state index >= 15 is 0 Å². The van der Waals surface area contributed by atoms with E-state index in [4.69, 9.17) is 19.9 Å². The van der Waals surface area contributed by atoms with E-state index in [9.17, 15) is 10.0 Å². The van der Waals surface area contributed by atoms with Crippen LogP contribution in [0.5, 0.6) is 0 Å². The van der Waals surface area contributed by atoms with Crippen LogP contribution in [-0.4, -0.2) is 47.1 Å². The minimum atomic E-state index is -1.44. The van der Waals surface area contributed by atoms with Crippen molar-refractivity contribution in [2.45, 2.75) is 0 Å². The zero-order valence-electron chi connectivity index (χ0n) is 51.7. The van der Waals surface area contributed by atoms with Gasteiger partial charge < -0.3 is 10.0 Å². The molecule has 0 saturated heterocycles. The number of halogens is 1. The number of pyridine rings is 2. The summed E-state index contributed by atoms with van der Waals surface area (Å²) in [6.07, 6.45) is 7.34. The monoisotopic (exact) mass is 1290 g/mol. The van der Waals surface area contributed by atoms with Crippen molar-refractivity contribution in [2.24, 2.45) is 0 Å². The molecule has 0 bridgehead atoms. The maximum absolute atomic E-state index is 9.50. The highest BCUT2D eigenvalue weighted by Crippen LogP contribution is 2.50. The lowest BCUT2D eigenvalue weighted by Gasteiger charge is -2.12. The van der Waals surface area contributed by atoms with Crippen molar-refractivity contribution < 1.29 is 10.0 Å². The van der Waals surface area contributed by atoms with Crippen LogP contribution in [0.25, 0.3) is 167 Å². The summed E-state index contributed by atoms with van der Waals surface area (Å²) in [6, 6.07) is 104. The summed E-state index contributed by atoms with van der Waals surface area (Å²) in [5, 5.41) is 23.7. The van der Waals surface area contributed by atoms with Gasteiger partial charge in [-0.05, 0) is 141 Å². The van der Waals surface area contributed by atoms with Crippen LogP contribution in [0.3, 0.4) is 0 Å². The first-order valence-corrected chi connectivity index (χ1v) is 32.6. The molecule has 2 aliphatic carbocycles. The molecule has 0 saturated carbocycles. The molecular weight excluding hydrogens is 1240 g/mol. The van der Waals surface area contributed by atoms with Crippen LogP contribution in [0.4, 0.5) is 0 Å². The highest BCUT2D eigenvalue weighted by atomic mass is 79.9. The summed E-state index contributed by atoms with van der Waals surface area (Å²) in [7, 11) is -1.44. The summed E-state index contributed by atoms with van der Waals surface area (Å²) < 4.78 is 1.04. The third-order valence-corrected chi connectivity index (χ3v) is 18.4. The second-order valence-electron chi connectivity index (χ2n) is 23.7. The fraction of sp³-hybridized carbons (Fsp3) is 0.